The smallest absolute Gasteiger partial charge is 0.275 e. The van der Waals surface area contributed by atoms with Crippen LogP contribution in [0.3, 0.4) is 0 Å². The van der Waals surface area contributed by atoms with Crippen LogP contribution in [0.15, 0.2) is 29.6 Å². The lowest BCUT2D eigenvalue weighted by Crippen LogP contribution is -2.18. The van der Waals surface area contributed by atoms with Crippen LogP contribution >= 0.6 is 23.2 Å². The fourth-order valence-corrected chi connectivity index (χ4v) is 3.46. The zero-order chi connectivity index (χ0) is 17.9. The molecule has 0 bridgehead atoms. The summed E-state index contributed by atoms with van der Waals surface area (Å²) in [6.07, 6.45) is 1.52. The Labute approximate surface area is 150 Å². The van der Waals surface area contributed by atoms with Crippen molar-refractivity contribution >= 4 is 44.6 Å². The highest BCUT2D eigenvalue weighted by molar-refractivity contribution is 7.91. The summed E-state index contributed by atoms with van der Waals surface area (Å²) in [6, 6.07) is 5.05. The third kappa shape index (κ3) is 4.03. The van der Waals surface area contributed by atoms with Crippen LogP contribution < -0.4 is 5.32 Å². The molecule has 1 N–H and O–H groups in total. The van der Waals surface area contributed by atoms with Gasteiger partial charge in [-0.25, -0.2) is 18.4 Å². The Hall–Kier alpha value is -1.70. The number of hydrogen-bond donors (Lipinski definition) is 1. The van der Waals surface area contributed by atoms with Gasteiger partial charge in [-0.3, -0.25) is 4.79 Å². The van der Waals surface area contributed by atoms with Gasteiger partial charge in [-0.1, -0.05) is 36.2 Å². The number of hydrogen-bond acceptors (Lipinski definition) is 5. The van der Waals surface area contributed by atoms with Crippen LogP contribution in [0.1, 0.15) is 29.4 Å². The van der Waals surface area contributed by atoms with Gasteiger partial charge in [-0.2, -0.15) is 0 Å². The van der Waals surface area contributed by atoms with Gasteiger partial charge in [0.25, 0.3) is 5.91 Å². The van der Waals surface area contributed by atoms with Gasteiger partial charge in [-0.05, 0) is 31.0 Å². The summed E-state index contributed by atoms with van der Waals surface area (Å²) < 4.78 is 24.1. The lowest BCUT2D eigenvalue weighted by atomic mass is 10.2. The first kappa shape index (κ1) is 18.6. The minimum Gasteiger partial charge on any atom is -0.320 e. The molecule has 0 spiro atoms. The molecule has 9 heteroatoms. The van der Waals surface area contributed by atoms with Gasteiger partial charge in [0, 0.05) is 10.7 Å². The summed E-state index contributed by atoms with van der Waals surface area (Å²) in [5, 5.41) is 2.66. The number of amides is 1. The second-order valence-electron chi connectivity index (χ2n) is 5.03. The van der Waals surface area contributed by atoms with Gasteiger partial charge >= 0.3 is 0 Å². The van der Waals surface area contributed by atoms with Crippen molar-refractivity contribution in [3.63, 3.8) is 0 Å². The molecule has 128 valence electrons. The molecule has 0 radical (unpaired) electrons. The number of anilines is 1. The number of benzene rings is 1. The molecular weight excluding hydrogens is 373 g/mol. The molecule has 2 aromatic rings. The molecule has 6 nitrogen and oxygen atoms in total. The average Bonchev–Trinajstić information content (AvgIpc) is 2.52. The van der Waals surface area contributed by atoms with Gasteiger partial charge in [0.2, 0.25) is 15.0 Å². The van der Waals surface area contributed by atoms with Crippen molar-refractivity contribution in [1.82, 2.24) is 9.97 Å². The first-order valence-electron chi connectivity index (χ1n) is 7.08. The summed E-state index contributed by atoms with van der Waals surface area (Å²) in [7, 11) is -3.65. The second-order valence-corrected chi connectivity index (χ2v) is 7.85. The van der Waals surface area contributed by atoms with E-state index in [9.17, 15) is 13.2 Å². The standard InChI is InChI=1S/C15H15Cl2N3O3S/c1-3-7-24(22,23)15-18-8-11(17)13(20-15)14(21)19-12-6-4-5-10(16)9(12)2/h4-6,8H,3,7H2,1-2H3,(H,19,21). The highest BCUT2D eigenvalue weighted by atomic mass is 35.5. The zero-order valence-corrected chi connectivity index (χ0v) is 15.3. The van der Waals surface area contributed by atoms with Crippen LogP contribution in [0.25, 0.3) is 0 Å². The van der Waals surface area contributed by atoms with E-state index in [0.29, 0.717) is 22.7 Å². The van der Waals surface area contributed by atoms with Crippen LogP contribution in [-0.4, -0.2) is 30.0 Å². The third-order valence-corrected chi connectivity index (χ3v) is 5.59. The van der Waals surface area contributed by atoms with Gasteiger partial charge in [-0.15, -0.1) is 0 Å². The molecule has 0 aliphatic rings. The van der Waals surface area contributed by atoms with Crippen molar-refractivity contribution in [1.29, 1.82) is 0 Å². The largest absolute Gasteiger partial charge is 0.320 e. The van der Waals surface area contributed by atoms with Crippen LogP contribution in [0, 0.1) is 6.92 Å². The van der Waals surface area contributed by atoms with Crippen molar-refractivity contribution in [3.8, 4) is 0 Å². The first-order valence-corrected chi connectivity index (χ1v) is 9.49. The Kier molecular flexibility index (Phi) is 5.79. The Morgan fingerprint density at radius 1 is 1.25 bits per heavy atom. The van der Waals surface area contributed by atoms with E-state index in [2.05, 4.69) is 15.3 Å². The summed E-state index contributed by atoms with van der Waals surface area (Å²) in [4.78, 5) is 20.0. The number of nitrogens with one attached hydrogen (secondary N) is 1. The quantitative estimate of drug-likeness (QED) is 0.792. The SMILES string of the molecule is CCCS(=O)(=O)c1ncc(Cl)c(C(=O)Nc2cccc(Cl)c2C)n1. The van der Waals surface area contributed by atoms with Crippen molar-refractivity contribution in [2.75, 3.05) is 11.1 Å². The van der Waals surface area contributed by atoms with Crippen LogP contribution in [0.5, 0.6) is 0 Å². The molecule has 0 aliphatic carbocycles. The fourth-order valence-electron chi connectivity index (χ4n) is 1.94. The van der Waals surface area contributed by atoms with E-state index < -0.39 is 20.9 Å². The molecule has 0 aliphatic heterocycles. The van der Waals surface area contributed by atoms with Crippen LogP contribution in [0.4, 0.5) is 5.69 Å². The maximum Gasteiger partial charge on any atom is 0.275 e. The van der Waals surface area contributed by atoms with E-state index in [1.807, 2.05) is 0 Å². The molecule has 24 heavy (non-hydrogen) atoms. The maximum atomic E-state index is 12.4. The van der Waals surface area contributed by atoms with Gasteiger partial charge in [0.15, 0.2) is 5.69 Å². The van der Waals surface area contributed by atoms with Crippen molar-refractivity contribution < 1.29 is 13.2 Å². The topological polar surface area (TPSA) is 89.0 Å². The van der Waals surface area contributed by atoms with E-state index >= 15 is 0 Å². The van der Waals surface area contributed by atoms with Gasteiger partial charge in [0.1, 0.15) is 0 Å². The predicted octanol–water partition coefficient (Wildman–Crippen LogP) is 3.53. The van der Waals surface area contributed by atoms with Crippen molar-refractivity contribution in [3.05, 3.63) is 45.7 Å². The number of halogens is 2. The molecule has 1 amide bonds. The normalized spacial score (nSPS) is 11.3. The third-order valence-electron chi connectivity index (χ3n) is 3.20. The molecule has 0 fully saturated rings. The second kappa shape index (κ2) is 7.46. The van der Waals surface area contributed by atoms with E-state index in [0.717, 1.165) is 6.20 Å². The highest BCUT2D eigenvalue weighted by Crippen LogP contribution is 2.24. The van der Waals surface area contributed by atoms with E-state index in [-0.39, 0.29) is 16.5 Å². The molecule has 2 rings (SSSR count). The summed E-state index contributed by atoms with van der Waals surface area (Å²) >= 11 is 12.0. The Bertz CT molecular complexity index is 886. The number of rotatable bonds is 5. The van der Waals surface area contributed by atoms with Crippen LogP contribution in [0.2, 0.25) is 10.0 Å². The molecule has 0 saturated carbocycles. The molecule has 0 saturated heterocycles. The van der Waals surface area contributed by atoms with E-state index in [4.69, 9.17) is 23.2 Å². The summed E-state index contributed by atoms with van der Waals surface area (Å²) in [5.41, 5.74) is 0.956. The molecule has 1 aromatic heterocycles. The van der Waals surface area contributed by atoms with Gasteiger partial charge in [0.05, 0.1) is 17.0 Å². The summed E-state index contributed by atoms with van der Waals surface area (Å²) in [5.74, 6) is -0.746. The van der Waals surface area contributed by atoms with Crippen molar-refractivity contribution in [2.24, 2.45) is 0 Å². The minimum absolute atomic E-state index is 0.0392. The first-order chi connectivity index (χ1) is 11.3. The maximum absolute atomic E-state index is 12.4. The van der Waals surface area contributed by atoms with Gasteiger partial charge < -0.3 is 5.32 Å². The molecule has 1 aromatic carbocycles. The molecular formula is C15H15Cl2N3O3S. The number of nitrogens with zero attached hydrogens (tertiary/aromatic N) is 2. The number of carbonyl (C=O) groups is 1. The summed E-state index contributed by atoms with van der Waals surface area (Å²) in [6.45, 7) is 3.47. The monoisotopic (exact) mass is 387 g/mol. The Balaban J connectivity index is 2.37. The number of carbonyl (C=O) groups excluding carboxylic acids is 1. The average molecular weight is 388 g/mol. The lowest BCUT2D eigenvalue weighted by Gasteiger charge is -2.10. The molecule has 1 heterocycles. The fraction of sp³-hybridized carbons (Fsp3) is 0.267. The molecule has 0 unspecified atom stereocenters. The van der Waals surface area contributed by atoms with E-state index in [1.165, 1.54) is 0 Å². The van der Waals surface area contributed by atoms with E-state index in [1.54, 1.807) is 32.0 Å². The minimum atomic E-state index is -3.65. The van der Waals surface area contributed by atoms with Crippen molar-refractivity contribution in [2.45, 2.75) is 25.4 Å². The lowest BCUT2D eigenvalue weighted by molar-refractivity contribution is 0.102. The number of sulfone groups is 1. The Morgan fingerprint density at radius 3 is 2.62 bits per heavy atom. The molecule has 0 atom stereocenters. The highest BCUT2D eigenvalue weighted by Gasteiger charge is 2.22. The predicted molar refractivity (Wildman–Crippen MR) is 93.5 cm³/mol. The van der Waals surface area contributed by atoms with Crippen LogP contribution in [-0.2, 0) is 9.84 Å². The number of aromatic nitrogens is 2. The zero-order valence-electron chi connectivity index (χ0n) is 13.0. The Morgan fingerprint density at radius 2 is 1.96 bits per heavy atom.